The van der Waals surface area contributed by atoms with Crippen molar-refractivity contribution in [2.24, 2.45) is 0 Å². The molecule has 6 nitrogen and oxygen atoms in total. The number of carbonyl (C=O) groups excluding carboxylic acids is 2. The number of hydrogen-bond donors (Lipinski definition) is 1. The van der Waals surface area contributed by atoms with Gasteiger partial charge in [-0.25, -0.2) is 4.79 Å². The molecular weight excluding hydrogens is 330 g/mol. The zero-order valence-electron chi connectivity index (χ0n) is 15.3. The van der Waals surface area contributed by atoms with Crippen LogP contribution in [0.3, 0.4) is 0 Å². The predicted molar refractivity (Wildman–Crippen MR) is 101 cm³/mol. The molecule has 2 rings (SSSR count). The summed E-state index contributed by atoms with van der Waals surface area (Å²) in [6.45, 7) is 3.54. The molecule has 0 fully saturated rings. The van der Waals surface area contributed by atoms with E-state index in [2.05, 4.69) is 15.2 Å². The Morgan fingerprint density at radius 3 is 2.58 bits per heavy atom. The van der Waals surface area contributed by atoms with Crippen molar-refractivity contribution in [3.8, 4) is 0 Å². The van der Waals surface area contributed by atoms with E-state index >= 15 is 0 Å². The fourth-order valence-corrected chi connectivity index (χ4v) is 2.47. The number of para-hydroxylation sites is 1. The lowest BCUT2D eigenvalue weighted by molar-refractivity contribution is -0.116. The molecule has 0 saturated carbocycles. The number of nitrogens with one attached hydrogen (secondary N) is 1. The van der Waals surface area contributed by atoms with E-state index in [-0.39, 0.29) is 5.91 Å². The number of rotatable bonds is 9. The molecule has 2 aromatic rings. The van der Waals surface area contributed by atoms with Gasteiger partial charge in [0.05, 0.1) is 17.9 Å². The molecule has 0 saturated heterocycles. The number of amides is 1. The van der Waals surface area contributed by atoms with Gasteiger partial charge >= 0.3 is 5.97 Å². The molecule has 0 unspecified atom stereocenters. The molecule has 0 atom stereocenters. The third-order valence-electron chi connectivity index (χ3n) is 3.95. The Hall–Kier alpha value is -2.73. The van der Waals surface area contributed by atoms with Crippen molar-refractivity contribution < 1.29 is 14.3 Å². The van der Waals surface area contributed by atoms with Crippen LogP contribution in [0.2, 0.25) is 0 Å². The van der Waals surface area contributed by atoms with Gasteiger partial charge < -0.3 is 15.0 Å². The molecule has 1 N–H and O–H groups in total. The second kappa shape index (κ2) is 10.3. The van der Waals surface area contributed by atoms with Gasteiger partial charge in [-0.2, -0.15) is 0 Å². The smallest absolute Gasteiger partial charge is 0.340 e. The van der Waals surface area contributed by atoms with Gasteiger partial charge in [0.2, 0.25) is 5.91 Å². The van der Waals surface area contributed by atoms with Gasteiger partial charge in [0.25, 0.3) is 0 Å². The Bertz CT molecular complexity index is 719. The topological polar surface area (TPSA) is 71.5 Å². The van der Waals surface area contributed by atoms with Crippen LogP contribution >= 0.6 is 0 Å². The molecule has 0 spiro atoms. The van der Waals surface area contributed by atoms with Crippen molar-refractivity contribution in [1.29, 1.82) is 0 Å². The Balaban J connectivity index is 1.81. The van der Waals surface area contributed by atoms with Crippen LogP contribution < -0.4 is 5.32 Å². The fourth-order valence-electron chi connectivity index (χ4n) is 2.47. The Kier molecular flexibility index (Phi) is 7.76. The van der Waals surface area contributed by atoms with E-state index in [1.54, 1.807) is 43.6 Å². The fraction of sp³-hybridized carbons (Fsp3) is 0.350. The molecule has 26 heavy (non-hydrogen) atoms. The van der Waals surface area contributed by atoms with Crippen LogP contribution in [-0.2, 0) is 16.0 Å². The molecule has 0 radical (unpaired) electrons. The molecule has 0 bridgehead atoms. The maximum atomic E-state index is 12.2. The van der Waals surface area contributed by atoms with Gasteiger partial charge in [-0.1, -0.05) is 12.1 Å². The normalized spacial score (nSPS) is 10.6. The zero-order valence-corrected chi connectivity index (χ0v) is 15.3. The summed E-state index contributed by atoms with van der Waals surface area (Å²) < 4.78 is 5.02. The van der Waals surface area contributed by atoms with E-state index in [9.17, 15) is 9.59 Å². The number of aromatic nitrogens is 1. The second-order valence-electron chi connectivity index (χ2n) is 5.97. The summed E-state index contributed by atoms with van der Waals surface area (Å²) in [5.41, 5.74) is 2.07. The minimum absolute atomic E-state index is 0.127. The number of likely N-dealkylation sites (N-methyl/N-ethyl adjacent to an activating group) is 1. The van der Waals surface area contributed by atoms with E-state index in [0.717, 1.165) is 13.0 Å². The highest BCUT2D eigenvalue weighted by Gasteiger charge is 2.14. The summed E-state index contributed by atoms with van der Waals surface area (Å²) in [6.07, 6.45) is 4.82. The van der Waals surface area contributed by atoms with E-state index in [1.165, 1.54) is 5.56 Å². The van der Waals surface area contributed by atoms with Crippen molar-refractivity contribution in [1.82, 2.24) is 9.88 Å². The third-order valence-corrected chi connectivity index (χ3v) is 3.95. The van der Waals surface area contributed by atoms with Crippen molar-refractivity contribution in [3.63, 3.8) is 0 Å². The maximum Gasteiger partial charge on any atom is 0.340 e. The molecule has 0 aliphatic heterocycles. The zero-order chi connectivity index (χ0) is 18.8. The second-order valence-corrected chi connectivity index (χ2v) is 5.97. The lowest BCUT2D eigenvalue weighted by atomic mass is 10.1. The molecule has 0 aliphatic carbocycles. The van der Waals surface area contributed by atoms with Crippen molar-refractivity contribution >= 4 is 17.6 Å². The highest BCUT2D eigenvalue weighted by molar-refractivity contribution is 6.01. The average Bonchev–Trinajstić information content (AvgIpc) is 2.66. The number of pyridine rings is 1. The minimum Gasteiger partial charge on any atom is -0.462 e. The first-order valence-electron chi connectivity index (χ1n) is 8.73. The summed E-state index contributed by atoms with van der Waals surface area (Å²) >= 11 is 0. The number of carbonyl (C=O) groups is 2. The molecule has 1 aromatic heterocycles. The van der Waals surface area contributed by atoms with Crippen LogP contribution in [0.4, 0.5) is 5.69 Å². The van der Waals surface area contributed by atoms with E-state index in [0.29, 0.717) is 30.8 Å². The van der Waals surface area contributed by atoms with Gasteiger partial charge in [-0.3, -0.25) is 9.78 Å². The van der Waals surface area contributed by atoms with Crippen molar-refractivity contribution in [3.05, 3.63) is 59.9 Å². The van der Waals surface area contributed by atoms with Crippen molar-refractivity contribution in [2.45, 2.75) is 19.8 Å². The van der Waals surface area contributed by atoms with Gasteiger partial charge in [0, 0.05) is 31.9 Å². The van der Waals surface area contributed by atoms with Gasteiger partial charge in [-0.05, 0) is 50.2 Å². The molecule has 6 heteroatoms. The standard InChI is InChI=1S/C20H25N3O3/c1-3-26-20(25)17-6-4-5-7-18(17)22-19(24)11-15-23(2)14-10-16-8-12-21-13-9-16/h4-9,12-13H,3,10-11,14-15H2,1-2H3,(H,22,24). The summed E-state index contributed by atoms with van der Waals surface area (Å²) in [4.78, 5) is 30.3. The highest BCUT2D eigenvalue weighted by atomic mass is 16.5. The van der Waals surface area contributed by atoms with E-state index in [4.69, 9.17) is 4.74 Å². The van der Waals surface area contributed by atoms with Crippen molar-refractivity contribution in [2.75, 3.05) is 32.1 Å². The monoisotopic (exact) mass is 355 g/mol. The first-order valence-corrected chi connectivity index (χ1v) is 8.73. The van der Waals surface area contributed by atoms with E-state index in [1.807, 2.05) is 19.2 Å². The first-order chi connectivity index (χ1) is 12.6. The molecule has 1 amide bonds. The van der Waals surface area contributed by atoms with Crippen LogP contribution in [-0.4, -0.2) is 48.5 Å². The molecule has 0 aliphatic rings. The minimum atomic E-state index is -0.433. The average molecular weight is 355 g/mol. The number of esters is 1. The van der Waals surface area contributed by atoms with Gasteiger partial charge in [-0.15, -0.1) is 0 Å². The summed E-state index contributed by atoms with van der Waals surface area (Å²) in [7, 11) is 1.99. The SMILES string of the molecule is CCOC(=O)c1ccccc1NC(=O)CCN(C)CCc1ccncc1. The maximum absolute atomic E-state index is 12.2. The molecular formula is C20H25N3O3. The van der Waals surface area contributed by atoms with Crippen LogP contribution in [0.15, 0.2) is 48.8 Å². The summed E-state index contributed by atoms with van der Waals surface area (Å²) in [6, 6.07) is 10.9. The van der Waals surface area contributed by atoms with Gasteiger partial charge in [0.15, 0.2) is 0 Å². The predicted octanol–water partition coefficient (Wildman–Crippen LogP) is 2.76. The highest BCUT2D eigenvalue weighted by Crippen LogP contribution is 2.16. The lowest BCUT2D eigenvalue weighted by Crippen LogP contribution is -2.26. The number of nitrogens with zero attached hydrogens (tertiary/aromatic N) is 2. The van der Waals surface area contributed by atoms with Crippen LogP contribution in [0, 0.1) is 0 Å². The molecule has 1 heterocycles. The number of anilines is 1. The van der Waals surface area contributed by atoms with Crippen LogP contribution in [0.1, 0.15) is 29.3 Å². The number of ether oxygens (including phenoxy) is 1. The Labute approximate surface area is 154 Å². The molecule has 1 aromatic carbocycles. The molecule has 138 valence electrons. The Morgan fingerprint density at radius 2 is 1.85 bits per heavy atom. The quantitative estimate of drug-likeness (QED) is 0.700. The largest absolute Gasteiger partial charge is 0.462 e. The first kappa shape index (κ1) is 19.6. The number of benzene rings is 1. The summed E-state index contributed by atoms with van der Waals surface area (Å²) in [5, 5.41) is 2.80. The third kappa shape index (κ3) is 6.29. The Morgan fingerprint density at radius 1 is 1.12 bits per heavy atom. The number of hydrogen-bond acceptors (Lipinski definition) is 5. The summed E-state index contributed by atoms with van der Waals surface area (Å²) in [5.74, 6) is -0.560. The van der Waals surface area contributed by atoms with Crippen LogP contribution in [0.25, 0.3) is 0 Å². The van der Waals surface area contributed by atoms with E-state index < -0.39 is 5.97 Å². The van der Waals surface area contributed by atoms with Gasteiger partial charge in [0.1, 0.15) is 0 Å². The van der Waals surface area contributed by atoms with Crippen LogP contribution in [0.5, 0.6) is 0 Å². The lowest BCUT2D eigenvalue weighted by Gasteiger charge is -2.16.